The highest BCUT2D eigenvalue weighted by molar-refractivity contribution is 5.87. The summed E-state index contributed by atoms with van der Waals surface area (Å²) in [4.78, 5) is 9.20. The van der Waals surface area contributed by atoms with Crippen molar-refractivity contribution in [2.24, 2.45) is 0 Å². The summed E-state index contributed by atoms with van der Waals surface area (Å²) in [5.41, 5.74) is 6.24. The number of ether oxygens (including phenoxy) is 2. The van der Waals surface area contributed by atoms with Gasteiger partial charge in [-0.25, -0.2) is 0 Å². The maximum Gasteiger partial charge on any atom is 0.130 e. The highest BCUT2D eigenvalue weighted by Gasteiger charge is 2.09. The number of rotatable bonds is 4. The molecule has 0 saturated carbocycles. The molecule has 136 valence electrons. The molecule has 0 radical (unpaired) electrons. The van der Waals surface area contributed by atoms with E-state index in [1.54, 1.807) is 14.2 Å². The Morgan fingerprint density at radius 2 is 1.11 bits per heavy atom. The van der Waals surface area contributed by atoms with Gasteiger partial charge in [0, 0.05) is 34.3 Å². The number of pyridine rings is 2. The molecular weight excluding hydrogens is 336 g/mol. The van der Waals surface area contributed by atoms with Crippen LogP contribution in [0.2, 0.25) is 0 Å². The topological polar surface area (TPSA) is 44.2 Å². The number of benzene rings is 2. The van der Waals surface area contributed by atoms with E-state index in [1.807, 2.05) is 26.0 Å². The third kappa shape index (κ3) is 3.31. The van der Waals surface area contributed by atoms with Crippen molar-refractivity contribution in [2.75, 3.05) is 14.2 Å². The molecule has 2 aromatic heterocycles. The van der Waals surface area contributed by atoms with E-state index in [4.69, 9.17) is 9.47 Å². The van der Waals surface area contributed by atoms with Crippen molar-refractivity contribution in [2.45, 2.75) is 20.3 Å². The minimum atomic E-state index is 0.819. The van der Waals surface area contributed by atoms with Gasteiger partial charge in [-0.15, -0.1) is 0 Å². The molecule has 4 nitrogen and oxygen atoms in total. The van der Waals surface area contributed by atoms with Crippen LogP contribution >= 0.6 is 0 Å². The van der Waals surface area contributed by atoms with Gasteiger partial charge < -0.3 is 9.47 Å². The Balaban J connectivity index is 1.75. The lowest BCUT2D eigenvalue weighted by Crippen LogP contribution is -1.95. The van der Waals surface area contributed by atoms with Gasteiger partial charge in [0.1, 0.15) is 11.5 Å². The summed E-state index contributed by atoms with van der Waals surface area (Å²) in [7, 11) is 3.40. The maximum absolute atomic E-state index is 5.55. The fraction of sp³-hybridized carbons (Fsp3) is 0.217. The molecule has 0 bridgehead atoms. The van der Waals surface area contributed by atoms with Crippen LogP contribution in [0.4, 0.5) is 0 Å². The lowest BCUT2D eigenvalue weighted by atomic mass is 10.0. The van der Waals surface area contributed by atoms with Crippen molar-refractivity contribution in [1.82, 2.24) is 9.97 Å². The van der Waals surface area contributed by atoms with Gasteiger partial charge in [-0.05, 0) is 55.7 Å². The predicted octanol–water partition coefficient (Wildman–Crippen LogP) is 5.01. The summed E-state index contributed by atoms with van der Waals surface area (Å²) >= 11 is 0. The summed E-state index contributed by atoms with van der Waals surface area (Å²) < 4.78 is 11.1. The van der Waals surface area contributed by atoms with E-state index in [0.29, 0.717) is 0 Å². The quantitative estimate of drug-likeness (QED) is 0.514. The number of methoxy groups -OCH3 is 2. The third-order valence-corrected chi connectivity index (χ3v) is 4.77. The summed E-state index contributed by atoms with van der Waals surface area (Å²) in [5.74, 6) is 1.72. The van der Waals surface area contributed by atoms with Gasteiger partial charge in [-0.3, -0.25) is 9.97 Å². The zero-order valence-electron chi connectivity index (χ0n) is 16.0. The predicted molar refractivity (Wildman–Crippen MR) is 109 cm³/mol. The molecule has 2 heterocycles. The van der Waals surface area contributed by atoms with E-state index in [0.717, 1.165) is 51.1 Å². The van der Waals surface area contributed by atoms with Crippen LogP contribution in [0.1, 0.15) is 22.5 Å². The smallest absolute Gasteiger partial charge is 0.130 e. The second kappa shape index (κ2) is 6.88. The number of aromatic nitrogens is 2. The van der Waals surface area contributed by atoms with Crippen molar-refractivity contribution in [3.8, 4) is 11.5 Å². The van der Waals surface area contributed by atoms with E-state index >= 15 is 0 Å². The molecule has 0 unspecified atom stereocenters. The van der Waals surface area contributed by atoms with Crippen LogP contribution in [0.5, 0.6) is 11.5 Å². The molecule has 0 amide bonds. The van der Waals surface area contributed by atoms with E-state index in [9.17, 15) is 0 Å². The first-order valence-corrected chi connectivity index (χ1v) is 8.96. The van der Waals surface area contributed by atoms with Crippen molar-refractivity contribution in [3.63, 3.8) is 0 Å². The van der Waals surface area contributed by atoms with Crippen LogP contribution in [0.25, 0.3) is 21.8 Å². The summed E-state index contributed by atoms with van der Waals surface area (Å²) in [5, 5.41) is 2.08. The Morgan fingerprint density at radius 3 is 1.52 bits per heavy atom. The van der Waals surface area contributed by atoms with E-state index < -0.39 is 0 Å². The zero-order valence-corrected chi connectivity index (χ0v) is 16.0. The normalized spacial score (nSPS) is 11.1. The van der Waals surface area contributed by atoms with Crippen molar-refractivity contribution in [3.05, 3.63) is 71.0 Å². The molecule has 2 aromatic carbocycles. The van der Waals surface area contributed by atoms with Crippen molar-refractivity contribution >= 4 is 21.8 Å². The van der Waals surface area contributed by atoms with Crippen LogP contribution in [0.15, 0.2) is 48.5 Å². The van der Waals surface area contributed by atoms with E-state index in [-0.39, 0.29) is 0 Å². The zero-order chi connectivity index (χ0) is 19.0. The number of fused-ring (bicyclic) bond motifs is 2. The first-order valence-electron chi connectivity index (χ1n) is 8.96. The average Bonchev–Trinajstić information content (AvgIpc) is 2.67. The summed E-state index contributed by atoms with van der Waals surface area (Å²) in [6.45, 7) is 3.96. The van der Waals surface area contributed by atoms with Crippen molar-refractivity contribution in [1.29, 1.82) is 0 Å². The molecule has 4 aromatic rings. The SMILES string of the molecule is COc1cc(C)nc2ccc(Cc3ccc4nc(C)cc(OC)c4c3)cc12. The Hall–Kier alpha value is -3.14. The largest absolute Gasteiger partial charge is 0.496 e. The van der Waals surface area contributed by atoms with Crippen LogP contribution in [0, 0.1) is 13.8 Å². The lowest BCUT2D eigenvalue weighted by molar-refractivity contribution is 0.419. The Labute approximate surface area is 158 Å². The van der Waals surface area contributed by atoms with Gasteiger partial charge in [0.15, 0.2) is 0 Å². The number of hydrogen-bond acceptors (Lipinski definition) is 4. The standard InChI is InChI=1S/C23H22N2O2/c1-14-9-22(26-3)18-12-16(5-7-20(18)24-14)11-17-6-8-21-19(13-17)23(27-4)10-15(2)25-21/h5-10,12-13H,11H2,1-4H3. The Bertz CT molecular complexity index is 1060. The first kappa shape index (κ1) is 17.3. The van der Waals surface area contributed by atoms with E-state index in [1.165, 1.54) is 11.1 Å². The highest BCUT2D eigenvalue weighted by atomic mass is 16.5. The van der Waals surface area contributed by atoms with Crippen molar-refractivity contribution < 1.29 is 9.47 Å². The number of aryl methyl sites for hydroxylation is 2. The van der Waals surface area contributed by atoms with Gasteiger partial charge in [-0.2, -0.15) is 0 Å². The molecule has 27 heavy (non-hydrogen) atoms. The van der Waals surface area contributed by atoms with Crippen LogP contribution in [0.3, 0.4) is 0 Å². The molecule has 0 aliphatic carbocycles. The third-order valence-electron chi connectivity index (χ3n) is 4.77. The van der Waals surface area contributed by atoms with Crippen LogP contribution < -0.4 is 9.47 Å². The lowest BCUT2D eigenvalue weighted by Gasteiger charge is -2.11. The molecule has 0 spiro atoms. The molecule has 4 rings (SSSR count). The fourth-order valence-electron chi connectivity index (χ4n) is 3.53. The van der Waals surface area contributed by atoms with Gasteiger partial charge >= 0.3 is 0 Å². The molecule has 0 aliphatic rings. The molecular formula is C23H22N2O2. The number of hydrogen-bond donors (Lipinski definition) is 0. The van der Waals surface area contributed by atoms with Gasteiger partial charge in [-0.1, -0.05) is 12.1 Å². The second-order valence-corrected chi connectivity index (χ2v) is 6.81. The second-order valence-electron chi connectivity index (χ2n) is 6.81. The molecule has 0 aliphatic heterocycles. The first-order chi connectivity index (χ1) is 13.1. The monoisotopic (exact) mass is 358 g/mol. The molecule has 4 heteroatoms. The minimum absolute atomic E-state index is 0.819. The van der Waals surface area contributed by atoms with Gasteiger partial charge in [0.25, 0.3) is 0 Å². The average molecular weight is 358 g/mol. The van der Waals surface area contributed by atoms with Gasteiger partial charge in [0.2, 0.25) is 0 Å². The highest BCUT2D eigenvalue weighted by Crippen LogP contribution is 2.29. The minimum Gasteiger partial charge on any atom is -0.496 e. The van der Waals surface area contributed by atoms with Gasteiger partial charge in [0.05, 0.1) is 25.3 Å². The molecule has 0 saturated heterocycles. The molecule has 0 fully saturated rings. The fourth-order valence-corrected chi connectivity index (χ4v) is 3.53. The summed E-state index contributed by atoms with van der Waals surface area (Å²) in [6, 6.07) is 16.7. The Morgan fingerprint density at radius 1 is 0.667 bits per heavy atom. The molecule has 0 atom stereocenters. The van der Waals surface area contributed by atoms with E-state index in [2.05, 4.69) is 46.4 Å². The van der Waals surface area contributed by atoms with Crippen LogP contribution in [-0.2, 0) is 6.42 Å². The molecule has 0 N–H and O–H groups in total. The maximum atomic E-state index is 5.55. The number of nitrogens with zero attached hydrogens (tertiary/aromatic N) is 2. The summed E-state index contributed by atoms with van der Waals surface area (Å²) in [6.07, 6.45) is 0.819. The van der Waals surface area contributed by atoms with Crippen LogP contribution in [-0.4, -0.2) is 24.2 Å². The Kier molecular flexibility index (Phi) is 4.40.